The second kappa shape index (κ2) is 4.40. The molecule has 1 aromatic carbocycles. The van der Waals surface area contributed by atoms with Gasteiger partial charge in [0, 0.05) is 0 Å². The fraction of sp³-hybridized carbons (Fsp3) is 0.571. The van der Waals surface area contributed by atoms with Crippen LogP contribution in [0.2, 0.25) is 0 Å². The molecule has 2 aromatic rings. The van der Waals surface area contributed by atoms with Crippen molar-refractivity contribution in [2.45, 2.75) is 46.6 Å². The number of rotatable bonds is 3. The topological polar surface area (TPSA) is 71.0 Å². The Kier molecular flexibility index (Phi) is 3.16. The van der Waals surface area contributed by atoms with E-state index in [2.05, 4.69) is 36.2 Å². The first-order chi connectivity index (χ1) is 8.68. The summed E-state index contributed by atoms with van der Waals surface area (Å²) in [5.41, 5.74) is 0.909. The van der Waals surface area contributed by atoms with Crippen LogP contribution in [0.5, 0.6) is 11.5 Å². The number of phenolic OH excluding ortho intramolecular Hbond substituents is 1. The van der Waals surface area contributed by atoms with Gasteiger partial charge in [-0.3, -0.25) is 5.10 Å². The van der Waals surface area contributed by atoms with Crippen LogP contribution >= 0.6 is 0 Å². The highest BCUT2D eigenvalue weighted by atomic mass is 16.5. The highest BCUT2D eigenvalue weighted by molar-refractivity contribution is 5.83. The van der Waals surface area contributed by atoms with E-state index < -0.39 is 0 Å². The van der Waals surface area contributed by atoms with Gasteiger partial charge >= 0.3 is 0 Å². The minimum atomic E-state index is -0.368. The lowest BCUT2D eigenvalue weighted by molar-refractivity contribution is 0.0596. The zero-order chi connectivity index (χ0) is 14.3. The van der Waals surface area contributed by atoms with E-state index in [0.717, 1.165) is 6.42 Å². The third kappa shape index (κ3) is 3.16. The first-order valence-electron chi connectivity index (χ1n) is 6.40. The van der Waals surface area contributed by atoms with Gasteiger partial charge in [0.25, 0.3) is 0 Å². The van der Waals surface area contributed by atoms with E-state index in [1.165, 1.54) is 0 Å². The first-order valence-corrected chi connectivity index (χ1v) is 6.40. The van der Waals surface area contributed by atoms with Crippen molar-refractivity contribution < 1.29 is 9.84 Å². The number of phenols is 1. The molecule has 0 fully saturated rings. The molecule has 0 aliphatic carbocycles. The Morgan fingerprint density at radius 3 is 2.53 bits per heavy atom. The molecule has 1 heterocycles. The van der Waals surface area contributed by atoms with Crippen molar-refractivity contribution >= 4 is 11.0 Å². The van der Waals surface area contributed by atoms with Gasteiger partial charge in [0.2, 0.25) is 0 Å². The number of nitrogens with one attached hydrogen (secondary N) is 1. The molecule has 0 spiro atoms. The Hall–Kier alpha value is -1.78. The summed E-state index contributed by atoms with van der Waals surface area (Å²) in [4.78, 5) is 0. The van der Waals surface area contributed by atoms with Crippen LogP contribution in [0.15, 0.2) is 12.1 Å². The maximum absolute atomic E-state index is 10.2. The summed E-state index contributed by atoms with van der Waals surface area (Å²) in [6.07, 6.45) is 0.871. The standard InChI is InChI=1S/C14H21N3O2/c1-13(2,3)8-14(4,5)19-10-7-6-9-11(12(10)18)16-17-15-9/h6-7,18H,8H2,1-5H3,(H,15,16,17). The smallest absolute Gasteiger partial charge is 0.188 e. The second-order valence-corrected chi connectivity index (χ2v) is 6.72. The number of hydrogen-bond donors (Lipinski definition) is 2. The zero-order valence-corrected chi connectivity index (χ0v) is 12.1. The molecule has 0 saturated heterocycles. The van der Waals surface area contributed by atoms with Crippen LogP contribution in [0, 0.1) is 5.41 Å². The minimum absolute atomic E-state index is 0.0354. The first kappa shape index (κ1) is 13.6. The lowest BCUT2D eigenvalue weighted by Gasteiger charge is -2.33. The molecular weight excluding hydrogens is 242 g/mol. The summed E-state index contributed by atoms with van der Waals surface area (Å²) >= 11 is 0. The van der Waals surface area contributed by atoms with Crippen LogP contribution in [-0.4, -0.2) is 26.1 Å². The molecule has 0 bridgehead atoms. The number of aromatic hydroxyl groups is 1. The molecule has 19 heavy (non-hydrogen) atoms. The average Bonchev–Trinajstić information content (AvgIpc) is 2.67. The van der Waals surface area contributed by atoms with Crippen molar-refractivity contribution in [3.05, 3.63) is 12.1 Å². The molecule has 104 valence electrons. The van der Waals surface area contributed by atoms with E-state index in [-0.39, 0.29) is 16.8 Å². The Balaban J connectivity index is 2.28. The molecule has 2 rings (SSSR count). The summed E-state index contributed by atoms with van der Waals surface area (Å²) in [7, 11) is 0. The van der Waals surface area contributed by atoms with E-state index in [0.29, 0.717) is 16.8 Å². The van der Waals surface area contributed by atoms with Crippen molar-refractivity contribution in [2.75, 3.05) is 0 Å². The molecule has 0 amide bonds. The average molecular weight is 263 g/mol. The second-order valence-electron chi connectivity index (χ2n) is 6.72. The van der Waals surface area contributed by atoms with Crippen molar-refractivity contribution in [2.24, 2.45) is 5.41 Å². The summed E-state index contributed by atoms with van der Waals surface area (Å²) < 4.78 is 5.95. The van der Waals surface area contributed by atoms with E-state index in [1.807, 2.05) is 13.8 Å². The largest absolute Gasteiger partial charge is 0.503 e. The number of benzene rings is 1. The predicted octanol–water partition coefficient (Wildman–Crippen LogP) is 3.26. The molecule has 1 aromatic heterocycles. The van der Waals surface area contributed by atoms with Crippen molar-refractivity contribution in [3.63, 3.8) is 0 Å². The van der Waals surface area contributed by atoms with Crippen LogP contribution in [0.25, 0.3) is 11.0 Å². The fourth-order valence-electron chi connectivity index (χ4n) is 2.57. The predicted molar refractivity (Wildman–Crippen MR) is 74.3 cm³/mol. The maximum Gasteiger partial charge on any atom is 0.188 e. The summed E-state index contributed by atoms with van der Waals surface area (Å²) in [5, 5.41) is 20.4. The van der Waals surface area contributed by atoms with E-state index in [4.69, 9.17) is 4.74 Å². The highest BCUT2D eigenvalue weighted by Gasteiger charge is 2.28. The molecule has 0 radical (unpaired) electrons. The third-order valence-corrected chi connectivity index (χ3v) is 2.78. The van der Waals surface area contributed by atoms with Gasteiger partial charge < -0.3 is 9.84 Å². The van der Waals surface area contributed by atoms with Gasteiger partial charge in [-0.2, -0.15) is 0 Å². The van der Waals surface area contributed by atoms with Gasteiger partial charge in [0.1, 0.15) is 5.60 Å². The summed E-state index contributed by atoms with van der Waals surface area (Å²) in [5.74, 6) is 0.476. The van der Waals surface area contributed by atoms with Crippen LogP contribution in [-0.2, 0) is 0 Å². The van der Waals surface area contributed by atoms with Gasteiger partial charge in [0.15, 0.2) is 17.0 Å². The molecule has 0 saturated carbocycles. The summed E-state index contributed by atoms with van der Waals surface area (Å²) in [6, 6.07) is 3.54. The van der Waals surface area contributed by atoms with Gasteiger partial charge in [-0.15, -0.1) is 5.10 Å². The van der Waals surface area contributed by atoms with Crippen LogP contribution in [0.1, 0.15) is 41.0 Å². The van der Waals surface area contributed by atoms with Gasteiger partial charge in [0.05, 0.1) is 5.52 Å². The van der Waals surface area contributed by atoms with E-state index in [9.17, 15) is 5.11 Å². The number of aromatic nitrogens is 3. The molecular formula is C14H21N3O2. The molecule has 0 aliphatic rings. The van der Waals surface area contributed by atoms with E-state index >= 15 is 0 Å². The number of hydrogen-bond acceptors (Lipinski definition) is 4. The van der Waals surface area contributed by atoms with Gasteiger partial charge in [-0.1, -0.05) is 26.0 Å². The minimum Gasteiger partial charge on any atom is -0.503 e. The molecule has 5 heteroatoms. The Bertz CT molecular complexity index is 582. The van der Waals surface area contributed by atoms with Crippen molar-refractivity contribution in [1.82, 2.24) is 15.4 Å². The molecule has 0 atom stereocenters. The van der Waals surface area contributed by atoms with Crippen molar-refractivity contribution in [3.8, 4) is 11.5 Å². The highest BCUT2D eigenvalue weighted by Crippen LogP contribution is 2.37. The molecule has 5 nitrogen and oxygen atoms in total. The van der Waals surface area contributed by atoms with Crippen LogP contribution < -0.4 is 4.74 Å². The maximum atomic E-state index is 10.2. The Morgan fingerprint density at radius 1 is 1.21 bits per heavy atom. The van der Waals surface area contributed by atoms with Gasteiger partial charge in [-0.05, 0) is 37.8 Å². The monoisotopic (exact) mass is 263 g/mol. The number of nitrogens with zero attached hydrogens (tertiary/aromatic N) is 2. The normalized spacial score (nSPS) is 12.9. The van der Waals surface area contributed by atoms with Crippen LogP contribution in [0.4, 0.5) is 0 Å². The molecule has 0 aliphatic heterocycles. The zero-order valence-electron chi connectivity index (χ0n) is 12.1. The lowest BCUT2D eigenvalue weighted by Crippen LogP contribution is -2.33. The van der Waals surface area contributed by atoms with Gasteiger partial charge in [-0.25, -0.2) is 0 Å². The summed E-state index contributed by atoms with van der Waals surface area (Å²) in [6.45, 7) is 10.5. The number of aromatic amines is 1. The number of ether oxygens (including phenoxy) is 1. The molecule has 2 N–H and O–H groups in total. The fourth-order valence-corrected chi connectivity index (χ4v) is 2.57. The number of H-pyrrole nitrogens is 1. The van der Waals surface area contributed by atoms with Crippen LogP contribution in [0.3, 0.4) is 0 Å². The SMILES string of the molecule is CC(C)(C)CC(C)(C)Oc1ccc2[nH]nnc2c1O. The Morgan fingerprint density at radius 2 is 1.89 bits per heavy atom. The third-order valence-electron chi connectivity index (χ3n) is 2.78. The van der Waals surface area contributed by atoms with Crippen molar-refractivity contribution in [1.29, 1.82) is 0 Å². The Labute approximate surface area is 113 Å². The quantitative estimate of drug-likeness (QED) is 0.891. The number of fused-ring (bicyclic) bond motifs is 1. The molecule has 0 unspecified atom stereocenters. The van der Waals surface area contributed by atoms with E-state index in [1.54, 1.807) is 12.1 Å². The lowest BCUT2D eigenvalue weighted by atomic mass is 9.83.